The molecule has 0 saturated heterocycles. The highest BCUT2D eigenvalue weighted by Crippen LogP contribution is 2.25. The van der Waals surface area contributed by atoms with Crippen LogP contribution in [0, 0.1) is 0 Å². The van der Waals surface area contributed by atoms with Crippen molar-refractivity contribution in [3.05, 3.63) is 39.8 Å². The molecular formula is C11H12ClN3O2S2. The molecule has 19 heavy (non-hydrogen) atoms. The number of thiazole rings is 1. The van der Waals surface area contributed by atoms with Crippen LogP contribution in [-0.4, -0.2) is 13.4 Å². The van der Waals surface area contributed by atoms with Crippen LogP contribution in [0.4, 0.5) is 5.69 Å². The molecule has 0 fully saturated rings. The zero-order valence-corrected chi connectivity index (χ0v) is 12.4. The first-order valence-corrected chi connectivity index (χ1v) is 8.11. The molecule has 1 unspecified atom stereocenters. The van der Waals surface area contributed by atoms with E-state index in [1.807, 2.05) is 0 Å². The van der Waals surface area contributed by atoms with Gasteiger partial charge in [0.05, 0.1) is 11.1 Å². The van der Waals surface area contributed by atoms with Gasteiger partial charge >= 0.3 is 0 Å². The lowest BCUT2D eigenvalue weighted by Crippen LogP contribution is -2.27. The van der Waals surface area contributed by atoms with Crippen molar-refractivity contribution in [1.29, 1.82) is 0 Å². The second-order valence-electron chi connectivity index (χ2n) is 3.90. The standard InChI is InChI=1S/C11H12ClN3O2S2/c1-7(11-14-4-5-18-11)15-19(16,17)10-6-8(13)2-3-9(10)12/h2-7,15H,13H2,1H3. The number of benzene rings is 1. The van der Waals surface area contributed by atoms with Crippen LogP contribution in [0.25, 0.3) is 0 Å². The molecule has 8 heteroatoms. The highest BCUT2D eigenvalue weighted by atomic mass is 35.5. The summed E-state index contributed by atoms with van der Waals surface area (Å²) in [4.78, 5) is 4.04. The molecule has 102 valence electrons. The van der Waals surface area contributed by atoms with Gasteiger partial charge in [-0.15, -0.1) is 11.3 Å². The molecule has 0 aliphatic rings. The van der Waals surface area contributed by atoms with Gasteiger partial charge in [-0.2, -0.15) is 0 Å². The van der Waals surface area contributed by atoms with E-state index in [0.717, 1.165) is 0 Å². The van der Waals surface area contributed by atoms with Crippen molar-refractivity contribution in [1.82, 2.24) is 9.71 Å². The number of aromatic nitrogens is 1. The summed E-state index contributed by atoms with van der Waals surface area (Å²) in [7, 11) is -3.73. The zero-order valence-electron chi connectivity index (χ0n) is 10.00. The minimum absolute atomic E-state index is 0.0300. The summed E-state index contributed by atoms with van der Waals surface area (Å²) >= 11 is 7.28. The van der Waals surface area contributed by atoms with E-state index in [-0.39, 0.29) is 9.92 Å². The van der Waals surface area contributed by atoms with Crippen LogP contribution >= 0.6 is 22.9 Å². The zero-order chi connectivity index (χ0) is 14.0. The Morgan fingerprint density at radius 1 is 1.47 bits per heavy atom. The normalized spacial score (nSPS) is 13.4. The molecule has 1 aromatic carbocycles. The van der Waals surface area contributed by atoms with Gasteiger partial charge in [-0.3, -0.25) is 0 Å². The van der Waals surface area contributed by atoms with E-state index in [9.17, 15) is 8.42 Å². The van der Waals surface area contributed by atoms with Crippen molar-refractivity contribution in [2.24, 2.45) is 0 Å². The summed E-state index contributed by atoms with van der Waals surface area (Å²) in [5, 5.41) is 2.60. The first-order chi connectivity index (χ1) is 8.90. The first kappa shape index (κ1) is 14.3. The number of nitrogens with one attached hydrogen (secondary N) is 1. The topological polar surface area (TPSA) is 85.1 Å². The number of nitrogens with zero attached hydrogens (tertiary/aromatic N) is 1. The Bertz CT molecular complexity index is 671. The SMILES string of the molecule is CC(NS(=O)(=O)c1cc(N)ccc1Cl)c1nccs1. The lowest BCUT2D eigenvalue weighted by molar-refractivity contribution is 0.566. The summed E-state index contributed by atoms with van der Waals surface area (Å²) in [5.41, 5.74) is 5.93. The second-order valence-corrected chi connectivity index (χ2v) is 6.92. The van der Waals surface area contributed by atoms with Crippen molar-refractivity contribution >= 4 is 38.6 Å². The lowest BCUT2D eigenvalue weighted by Gasteiger charge is -2.13. The number of nitrogens with two attached hydrogens (primary N) is 1. The van der Waals surface area contributed by atoms with Gasteiger partial charge in [-0.1, -0.05) is 11.6 Å². The van der Waals surface area contributed by atoms with E-state index < -0.39 is 16.1 Å². The third kappa shape index (κ3) is 3.24. The Kier molecular flexibility index (Phi) is 4.10. The number of rotatable bonds is 4. The lowest BCUT2D eigenvalue weighted by atomic mass is 10.3. The molecule has 3 N–H and O–H groups in total. The van der Waals surface area contributed by atoms with E-state index in [1.54, 1.807) is 24.6 Å². The number of nitrogen functional groups attached to an aromatic ring is 1. The Hall–Kier alpha value is -1.15. The molecule has 0 bridgehead atoms. The van der Waals surface area contributed by atoms with E-state index in [1.165, 1.54) is 23.5 Å². The maximum atomic E-state index is 12.2. The minimum Gasteiger partial charge on any atom is -0.399 e. The number of anilines is 1. The Morgan fingerprint density at radius 2 is 2.21 bits per heavy atom. The van der Waals surface area contributed by atoms with Crippen LogP contribution in [0.15, 0.2) is 34.7 Å². The minimum atomic E-state index is -3.73. The van der Waals surface area contributed by atoms with Gasteiger partial charge in [0.15, 0.2) is 0 Å². The smallest absolute Gasteiger partial charge is 0.242 e. The molecule has 1 atom stereocenters. The van der Waals surface area contributed by atoms with E-state index >= 15 is 0 Å². The molecule has 5 nitrogen and oxygen atoms in total. The van der Waals surface area contributed by atoms with Crippen molar-refractivity contribution in [3.8, 4) is 0 Å². The van der Waals surface area contributed by atoms with Crippen LogP contribution in [-0.2, 0) is 10.0 Å². The number of sulfonamides is 1. The van der Waals surface area contributed by atoms with Crippen LogP contribution < -0.4 is 10.5 Å². The average molecular weight is 318 g/mol. The van der Waals surface area contributed by atoms with Gasteiger partial charge in [0.25, 0.3) is 0 Å². The molecule has 0 spiro atoms. The number of hydrogen-bond acceptors (Lipinski definition) is 5. The maximum absolute atomic E-state index is 12.2. The van der Waals surface area contributed by atoms with Gasteiger partial charge in [-0.25, -0.2) is 18.1 Å². The monoisotopic (exact) mass is 317 g/mol. The summed E-state index contributed by atoms with van der Waals surface area (Å²) in [6.45, 7) is 1.72. The third-order valence-corrected chi connectivity index (χ3v) is 5.38. The fourth-order valence-corrected chi connectivity index (χ4v) is 3.98. The predicted octanol–water partition coefficient (Wildman–Crippen LogP) is 2.42. The summed E-state index contributed by atoms with van der Waals surface area (Å²) in [5.74, 6) is 0. The van der Waals surface area contributed by atoms with Gasteiger partial charge < -0.3 is 5.73 Å². The van der Waals surface area contributed by atoms with Crippen LogP contribution in [0.5, 0.6) is 0 Å². The van der Waals surface area contributed by atoms with E-state index in [4.69, 9.17) is 17.3 Å². The fourth-order valence-electron chi connectivity index (χ4n) is 1.52. The van der Waals surface area contributed by atoms with Crippen LogP contribution in [0.2, 0.25) is 5.02 Å². The summed E-state index contributed by atoms with van der Waals surface area (Å²) < 4.78 is 27.0. The largest absolute Gasteiger partial charge is 0.399 e. The van der Waals surface area contributed by atoms with Crippen molar-refractivity contribution < 1.29 is 8.42 Å². The molecule has 2 rings (SSSR count). The molecule has 0 amide bonds. The van der Waals surface area contributed by atoms with Crippen molar-refractivity contribution in [2.45, 2.75) is 17.9 Å². The van der Waals surface area contributed by atoms with Crippen molar-refractivity contribution in [3.63, 3.8) is 0 Å². The van der Waals surface area contributed by atoms with Gasteiger partial charge in [0.1, 0.15) is 9.90 Å². The quantitative estimate of drug-likeness (QED) is 0.848. The molecule has 0 radical (unpaired) electrons. The Morgan fingerprint density at radius 3 is 2.84 bits per heavy atom. The molecule has 1 aromatic heterocycles. The third-order valence-electron chi connectivity index (χ3n) is 2.40. The molecule has 0 saturated carbocycles. The molecule has 0 aliphatic heterocycles. The Labute approximate surface area is 120 Å². The van der Waals surface area contributed by atoms with Crippen LogP contribution in [0.1, 0.15) is 18.0 Å². The van der Waals surface area contributed by atoms with E-state index in [2.05, 4.69) is 9.71 Å². The van der Waals surface area contributed by atoms with E-state index in [0.29, 0.717) is 10.7 Å². The van der Waals surface area contributed by atoms with Gasteiger partial charge in [0.2, 0.25) is 10.0 Å². The van der Waals surface area contributed by atoms with Gasteiger partial charge in [0, 0.05) is 17.3 Å². The summed E-state index contributed by atoms with van der Waals surface area (Å²) in [6.07, 6.45) is 1.62. The molecule has 2 aromatic rings. The predicted molar refractivity (Wildman–Crippen MR) is 76.7 cm³/mol. The van der Waals surface area contributed by atoms with Crippen molar-refractivity contribution in [2.75, 3.05) is 5.73 Å². The van der Waals surface area contributed by atoms with Crippen LogP contribution in [0.3, 0.4) is 0 Å². The molecular weight excluding hydrogens is 306 g/mol. The summed E-state index contributed by atoms with van der Waals surface area (Å²) in [6, 6.07) is 3.91. The molecule has 0 aliphatic carbocycles. The molecule has 1 heterocycles. The Balaban J connectivity index is 2.30. The fraction of sp³-hybridized carbons (Fsp3) is 0.182. The average Bonchev–Trinajstić information content (AvgIpc) is 2.85. The number of halogens is 1. The second kappa shape index (κ2) is 5.46. The first-order valence-electron chi connectivity index (χ1n) is 5.37. The number of hydrogen-bond donors (Lipinski definition) is 2. The highest BCUT2D eigenvalue weighted by Gasteiger charge is 2.22. The van der Waals surface area contributed by atoms with Gasteiger partial charge in [-0.05, 0) is 25.1 Å². The highest BCUT2D eigenvalue weighted by molar-refractivity contribution is 7.89. The maximum Gasteiger partial charge on any atom is 0.242 e.